The molecule has 1 aromatic heterocycles. The summed E-state index contributed by atoms with van der Waals surface area (Å²) in [5.41, 5.74) is 5.45. The van der Waals surface area contributed by atoms with Crippen LogP contribution >= 0.6 is 15.9 Å². The maximum Gasteiger partial charge on any atom is 0.248 e. The highest BCUT2D eigenvalue weighted by Crippen LogP contribution is 2.51. The Hall–Kier alpha value is -2.46. The molecule has 0 spiro atoms. The molecule has 0 amide bonds. The molecule has 0 unspecified atom stereocenters. The highest BCUT2D eigenvalue weighted by Gasteiger charge is 2.46. The summed E-state index contributed by atoms with van der Waals surface area (Å²) in [5.74, 6) is 0.288. The molecule has 1 N–H and O–H groups in total. The van der Waals surface area contributed by atoms with Crippen LogP contribution < -0.4 is 5.56 Å². The van der Waals surface area contributed by atoms with E-state index < -0.39 is 5.54 Å². The summed E-state index contributed by atoms with van der Waals surface area (Å²) in [6, 6.07) is 11.8. The zero-order valence-electron chi connectivity index (χ0n) is 16.1. The number of nitrogens with one attached hydrogen (secondary N) is 1. The van der Waals surface area contributed by atoms with Crippen molar-refractivity contribution in [2.45, 2.75) is 32.2 Å². The Balaban J connectivity index is 1.77. The zero-order chi connectivity index (χ0) is 19.7. The molecule has 2 aliphatic carbocycles. The first-order chi connectivity index (χ1) is 13.5. The number of pyridine rings is 1. The maximum atomic E-state index is 11.9. The van der Waals surface area contributed by atoms with E-state index in [1.54, 1.807) is 6.07 Å². The van der Waals surface area contributed by atoms with Crippen molar-refractivity contribution in [2.24, 2.45) is 10.9 Å². The van der Waals surface area contributed by atoms with Gasteiger partial charge in [-0.2, -0.15) is 0 Å². The molecule has 1 heterocycles. The third kappa shape index (κ3) is 3.37. The van der Waals surface area contributed by atoms with Gasteiger partial charge in [-0.25, -0.2) is 0 Å². The number of aliphatic imine (C=N–C) groups is 1. The van der Waals surface area contributed by atoms with Crippen molar-refractivity contribution in [3.05, 3.63) is 97.4 Å². The van der Waals surface area contributed by atoms with Crippen molar-refractivity contribution in [3.63, 3.8) is 0 Å². The van der Waals surface area contributed by atoms with Crippen LogP contribution in [0.2, 0.25) is 0 Å². The van der Waals surface area contributed by atoms with Gasteiger partial charge in [0.15, 0.2) is 0 Å². The predicted octanol–water partition coefficient (Wildman–Crippen LogP) is 5.59. The second-order valence-corrected chi connectivity index (χ2v) is 8.43. The van der Waals surface area contributed by atoms with E-state index in [9.17, 15) is 4.79 Å². The fourth-order valence-electron chi connectivity index (χ4n) is 4.59. The molecule has 28 heavy (non-hydrogen) atoms. The van der Waals surface area contributed by atoms with Gasteiger partial charge in [-0.15, -0.1) is 0 Å². The number of nitrogens with zero attached hydrogens (tertiary/aromatic N) is 1. The molecule has 2 aliphatic rings. The van der Waals surface area contributed by atoms with E-state index in [4.69, 9.17) is 4.99 Å². The van der Waals surface area contributed by atoms with Crippen molar-refractivity contribution >= 4 is 28.2 Å². The van der Waals surface area contributed by atoms with Gasteiger partial charge < -0.3 is 4.98 Å². The zero-order valence-corrected chi connectivity index (χ0v) is 17.7. The number of H-pyrrole nitrogens is 1. The number of hydrogen-bond donors (Lipinski definition) is 1. The molecule has 2 aromatic rings. The van der Waals surface area contributed by atoms with Gasteiger partial charge in [0, 0.05) is 40.3 Å². The Morgan fingerprint density at radius 3 is 2.93 bits per heavy atom. The monoisotopic (exact) mass is 434 g/mol. The second kappa shape index (κ2) is 7.51. The van der Waals surface area contributed by atoms with Crippen LogP contribution in [0.3, 0.4) is 0 Å². The van der Waals surface area contributed by atoms with Crippen molar-refractivity contribution in [2.75, 3.05) is 0 Å². The Bertz CT molecular complexity index is 1090. The van der Waals surface area contributed by atoms with E-state index in [0.717, 1.165) is 34.1 Å². The van der Waals surface area contributed by atoms with Crippen molar-refractivity contribution in [1.82, 2.24) is 4.98 Å². The number of aromatic amines is 1. The fourth-order valence-corrected chi connectivity index (χ4v) is 5.00. The van der Waals surface area contributed by atoms with Crippen LogP contribution in [-0.2, 0) is 12.0 Å². The molecule has 2 bridgehead atoms. The third-order valence-electron chi connectivity index (χ3n) is 5.60. The maximum absolute atomic E-state index is 11.9. The summed E-state index contributed by atoms with van der Waals surface area (Å²) in [7, 11) is 0. The Morgan fingerprint density at radius 2 is 2.14 bits per heavy atom. The minimum Gasteiger partial charge on any atom is -0.326 e. The molecule has 0 radical (unpaired) electrons. The predicted molar refractivity (Wildman–Crippen MR) is 120 cm³/mol. The first kappa shape index (κ1) is 18.9. The van der Waals surface area contributed by atoms with Gasteiger partial charge in [-0.05, 0) is 55.7 Å². The van der Waals surface area contributed by atoms with E-state index in [1.165, 1.54) is 11.1 Å². The van der Waals surface area contributed by atoms with Crippen LogP contribution in [0.1, 0.15) is 37.1 Å². The highest BCUT2D eigenvalue weighted by molar-refractivity contribution is 9.10. The number of allylic oxidation sites excluding steroid dienone is 3. The second-order valence-electron chi connectivity index (χ2n) is 7.51. The van der Waals surface area contributed by atoms with Crippen LogP contribution in [0.15, 0.2) is 80.0 Å². The standard InChI is InChI=1S/C24H23BrN2O/c1-3-20-18-12-16(2)15-24(20,21-9-10-23(28)27-22(21)14-18)26-11-5-7-17-6-4-8-19(25)13-17/h3-13,18H,14-15H2,1-2H3,(H,27,28)/b7-5?,20-3+,26-11?/t18-,24+/m0/s1. The molecular formula is C24H23BrN2O. The van der Waals surface area contributed by atoms with Gasteiger partial charge in [0.1, 0.15) is 5.54 Å². The molecule has 0 fully saturated rings. The van der Waals surface area contributed by atoms with Crippen LogP contribution in [0.5, 0.6) is 0 Å². The van der Waals surface area contributed by atoms with Gasteiger partial charge in [0.25, 0.3) is 0 Å². The number of aromatic nitrogens is 1. The SMILES string of the molecule is C/C=C1\[C@H]2C=C(C)C[C@]1(N=CC=Cc1cccc(Br)c1)c1ccc(=O)[nH]c1C2. The lowest BCUT2D eigenvalue weighted by Gasteiger charge is -2.45. The van der Waals surface area contributed by atoms with E-state index in [0.29, 0.717) is 0 Å². The van der Waals surface area contributed by atoms with Crippen LogP contribution in [0, 0.1) is 5.92 Å². The largest absolute Gasteiger partial charge is 0.326 e. The highest BCUT2D eigenvalue weighted by atomic mass is 79.9. The molecule has 4 heteroatoms. The van der Waals surface area contributed by atoms with Crippen LogP contribution in [0.4, 0.5) is 0 Å². The average molecular weight is 435 g/mol. The van der Waals surface area contributed by atoms with Crippen LogP contribution in [0.25, 0.3) is 6.08 Å². The van der Waals surface area contributed by atoms with Gasteiger partial charge in [0.05, 0.1) is 0 Å². The van der Waals surface area contributed by atoms with E-state index in [1.807, 2.05) is 30.5 Å². The molecule has 142 valence electrons. The van der Waals surface area contributed by atoms with Gasteiger partial charge in [-0.3, -0.25) is 9.79 Å². The number of halogens is 1. The van der Waals surface area contributed by atoms with Crippen molar-refractivity contribution in [3.8, 4) is 0 Å². The van der Waals surface area contributed by atoms with Gasteiger partial charge >= 0.3 is 0 Å². The van der Waals surface area contributed by atoms with Crippen LogP contribution in [-0.4, -0.2) is 11.2 Å². The molecule has 0 aliphatic heterocycles. The lowest BCUT2D eigenvalue weighted by atomic mass is 9.63. The summed E-state index contributed by atoms with van der Waals surface area (Å²) in [4.78, 5) is 20.0. The smallest absolute Gasteiger partial charge is 0.248 e. The summed E-state index contributed by atoms with van der Waals surface area (Å²) in [6.07, 6.45) is 12.1. The first-order valence-corrected chi connectivity index (χ1v) is 10.4. The Labute approximate surface area is 173 Å². The molecule has 1 aromatic carbocycles. The lowest BCUT2D eigenvalue weighted by molar-refractivity contribution is 0.413. The normalized spacial score (nSPS) is 25.3. The minimum atomic E-state index is -0.433. The summed E-state index contributed by atoms with van der Waals surface area (Å²) < 4.78 is 1.06. The fraction of sp³-hybridized carbons (Fsp3) is 0.250. The molecule has 2 atom stereocenters. The molecule has 0 saturated carbocycles. The Morgan fingerprint density at radius 1 is 1.29 bits per heavy atom. The molecule has 0 saturated heterocycles. The van der Waals surface area contributed by atoms with Gasteiger partial charge in [-0.1, -0.05) is 51.9 Å². The molecule has 3 nitrogen and oxygen atoms in total. The first-order valence-electron chi connectivity index (χ1n) is 9.56. The topological polar surface area (TPSA) is 45.2 Å². The van der Waals surface area contributed by atoms with Gasteiger partial charge in [0.2, 0.25) is 5.56 Å². The molecule has 4 rings (SSSR count). The van der Waals surface area contributed by atoms with Crippen molar-refractivity contribution in [1.29, 1.82) is 0 Å². The quantitative estimate of drug-likeness (QED) is 0.496. The Kier molecular flexibility index (Phi) is 5.07. The summed E-state index contributed by atoms with van der Waals surface area (Å²) in [6.45, 7) is 4.27. The number of benzene rings is 1. The summed E-state index contributed by atoms with van der Waals surface area (Å²) in [5, 5.41) is 0. The number of fused-ring (bicyclic) bond motifs is 4. The van der Waals surface area contributed by atoms with E-state index >= 15 is 0 Å². The third-order valence-corrected chi connectivity index (χ3v) is 6.09. The van der Waals surface area contributed by atoms with E-state index in [-0.39, 0.29) is 11.5 Å². The molecular weight excluding hydrogens is 412 g/mol. The van der Waals surface area contributed by atoms with Crippen molar-refractivity contribution < 1.29 is 0 Å². The summed E-state index contributed by atoms with van der Waals surface area (Å²) >= 11 is 3.50. The number of hydrogen-bond acceptors (Lipinski definition) is 2. The average Bonchev–Trinajstić information content (AvgIpc) is 2.64. The number of rotatable bonds is 3. The lowest BCUT2D eigenvalue weighted by Crippen LogP contribution is -2.40. The van der Waals surface area contributed by atoms with E-state index in [2.05, 4.69) is 65.1 Å². The minimum absolute atomic E-state index is 0.0462.